The van der Waals surface area contributed by atoms with E-state index >= 15 is 0 Å². The largest absolute Gasteiger partial charge is 0.468 e. The normalized spacial score (nSPS) is 7.54. The van der Waals surface area contributed by atoms with Crippen LogP contribution in [0.1, 0.15) is 0 Å². The third-order valence-corrected chi connectivity index (χ3v) is 0.748. The van der Waals surface area contributed by atoms with E-state index in [2.05, 4.69) is 27.1 Å². The van der Waals surface area contributed by atoms with E-state index in [4.69, 9.17) is 0 Å². The average Bonchev–Trinajstić information content (AvgIpc) is 2.05. The van der Waals surface area contributed by atoms with Gasteiger partial charge in [-0.3, -0.25) is 4.79 Å². The number of likely N-dealkylation sites (N-methyl/N-ethyl adjacent to an activating group) is 1. The molecular formula is C7H14N2O4. The van der Waals surface area contributed by atoms with Crippen LogP contribution in [-0.4, -0.2) is 32.8 Å². The predicted octanol–water partition coefficient (Wildman–Crippen LogP) is -0.396. The summed E-state index contributed by atoms with van der Waals surface area (Å²) in [7, 11) is 3.05. The van der Waals surface area contributed by atoms with Crippen LogP contribution in [0.2, 0.25) is 0 Å². The van der Waals surface area contributed by atoms with E-state index in [0.29, 0.717) is 0 Å². The summed E-state index contributed by atoms with van der Waals surface area (Å²) in [6, 6.07) is 0. The Labute approximate surface area is 76.7 Å². The minimum absolute atomic E-state index is 0.234. The maximum Gasteiger partial charge on any atom is 0.409 e. The number of hydrogen-bond acceptors (Lipinski definition) is 5. The fourth-order valence-corrected chi connectivity index (χ4v) is 0.299. The molecule has 0 saturated heterocycles. The minimum atomic E-state index is -0.829. The van der Waals surface area contributed by atoms with E-state index in [1.807, 2.05) is 0 Å². The lowest BCUT2D eigenvalue weighted by atomic mass is 10.7. The molecule has 0 rings (SSSR count). The molecule has 0 aliphatic rings. The van der Waals surface area contributed by atoms with Crippen molar-refractivity contribution in [3.05, 3.63) is 12.8 Å². The Bertz CT molecular complexity index is 170. The molecule has 0 unspecified atom stereocenters. The number of carbonyl (C=O) groups excluding carboxylic acids is 2. The van der Waals surface area contributed by atoms with Crippen molar-refractivity contribution in [1.29, 1.82) is 0 Å². The first kappa shape index (κ1) is 14.0. The second-order valence-corrected chi connectivity index (χ2v) is 1.71. The number of hydrogen-bond donors (Lipinski definition) is 2. The lowest BCUT2D eigenvalue weighted by molar-refractivity contribution is -0.139. The van der Waals surface area contributed by atoms with Gasteiger partial charge in [0.1, 0.15) is 0 Å². The van der Waals surface area contributed by atoms with Gasteiger partial charge in [-0.05, 0) is 7.05 Å². The van der Waals surface area contributed by atoms with Crippen molar-refractivity contribution < 1.29 is 19.1 Å². The summed E-state index contributed by atoms with van der Waals surface area (Å²) < 4.78 is 8.23. The van der Waals surface area contributed by atoms with Gasteiger partial charge in [0.05, 0.1) is 19.9 Å². The van der Waals surface area contributed by atoms with Crippen molar-refractivity contribution >= 4 is 12.1 Å². The molecule has 0 aromatic heterocycles. The van der Waals surface area contributed by atoms with E-state index in [1.54, 1.807) is 7.05 Å². The number of amides is 1. The average molecular weight is 190 g/mol. The van der Waals surface area contributed by atoms with Gasteiger partial charge in [0, 0.05) is 0 Å². The number of carbonyl (C=O) groups is 2. The summed E-state index contributed by atoms with van der Waals surface area (Å²) in [5, 5.41) is 2.64. The Balaban J connectivity index is 0. The van der Waals surface area contributed by atoms with Crippen molar-refractivity contribution in [1.82, 2.24) is 5.32 Å². The number of rotatable bonds is 3. The monoisotopic (exact) mass is 190 g/mol. The van der Waals surface area contributed by atoms with Crippen LogP contribution in [0.5, 0.6) is 0 Å². The Morgan fingerprint density at radius 1 is 1.62 bits per heavy atom. The lowest BCUT2D eigenvalue weighted by Crippen LogP contribution is -2.19. The molecule has 1 amide bonds. The molecule has 0 atom stereocenters. The fraction of sp³-hybridized carbons (Fsp3) is 0.429. The molecule has 0 aromatic rings. The second kappa shape index (κ2) is 10.4. The highest BCUT2D eigenvalue weighted by Crippen LogP contribution is 1.66. The molecule has 0 bridgehead atoms. The minimum Gasteiger partial charge on any atom is -0.468 e. The van der Waals surface area contributed by atoms with Crippen LogP contribution in [-0.2, 0) is 14.3 Å². The van der Waals surface area contributed by atoms with Gasteiger partial charge in [-0.2, -0.15) is 0 Å². The topological polar surface area (TPSA) is 90.6 Å². The van der Waals surface area contributed by atoms with Gasteiger partial charge < -0.3 is 20.5 Å². The molecule has 3 N–H and O–H groups in total. The zero-order valence-electron chi connectivity index (χ0n) is 7.70. The van der Waals surface area contributed by atoms with Gasteiger partial charge in [-0.1, -0.05) is 6.58 Å². The first-order chi connectivity index (χ1) is 6.08. The predicted molar refractivity (Wildman–Crippen MR) is 46.8 cm³/mol. The van der Waals surface area contributed by atoms with Crippen molar-refractivity contribution in [3.63, 3.8) is 0 Å². The van der Waals surface area contributed by atoms with Gasteiger partial charge in [0.25, 0.3) is 0 Å². The van der Waals surface area contributed by atoms with Gasteiger partial charge in [0.15, 0.2) is 0 Å². The van der Waals surface area contributed by atoms with Crippen molar-refractivity contribution in [2.75, 3.05) is 20.7 Å². The van der Waals surface area contributed by atoms with Crippen LogP contribution in [0, 0.1) is 0 Å². The molecule has 6 heteroatoms. The number of esters is 1. The van der Waals surface area contributed by atoms with Crippen molar-refractivity contribution in [3.8, 4) is 0 Å². The molecular weight excluding hydrogens is 176 g/mol. The van der Waals surface area contributed by atoms with E-state index in [9.17, 15) is 9.59 Å². The molecule has 6 nitrogen and oxygen atoms in total. The molecule has 13 heavy (non-hydrogen) atoms. The van der Waals surface area contributed by atoms with Crippen molar-refractivity contribution in [2.24, 2.45) is 5.73 Å². The standard InChI is InChI=1S/C4H9NO2.C3H5NO2/c1-5-3-4(6)7-2;1-2-6-3(4)5/h5H,3H2,1-2H3;2H,1H2,(H2,4,5). The first-order valence-electron chi connectivity index (χ1n) is 3.36. The van der Waals surface area contributed by atoms with E-state index < -0.39 is 6.09 Å². The molecule has 0 spiro atoms. The fourth-order valence-electron chi connectivity index (χ4n) is 0.299. The summed E-state index contributed by atoms with van der Waals surface area (Å²) in [4.78, 5) is 19.7. The number of methoxy groups -OCH3 is 1. The lowest BCUT2D eigenvalue weighted by Gasteiger charge is -1.93. The first-order valence-corrected chi connectivity index (χ1v) is 3.36. The number of nitrogens with one attached hydrogen (secondary N) is 1. The summed E-state index contributed by atoms with van der Waals surface area (Å²) in [5.41, 5.74) is 4.47. The van der Waals surface area contributed by atoms with Gasteiger partial charge in [-0.15, -0.1) is 0 Å². The SMILES string of the molecule is C=COC(N)=O.CNCC(=O)OC. The zero-order chi connectivity index (χ0) is 10.7. The van der Waals surface area contributed by atoms with E-state index in [0.717, 1.165) is 6.26 Å². The molecule has 0 aliphatic carbocycles. The summed E-state index contributed by atoms with van der Waals surface area (Å²) >= 11 is 0. The van der Waals surface area contributed by atoms with E-state index in [-0.39, 0.29) is 12.5 Å². The Morgan fingerprint density at radius 3 is 2.23 bits per heavy atom. The molecule has 0 aromatic carbocycles. The maximum absolute atomic E-state index is 10.1. The van der Waals surface area contributed by atoms with Crippen LogP contribution in [0.3, 0.4) is 0 Å². The van der Waals surface area contributed by atoms with Crippen LogP contribution < -0.4 is 11.1 Å². The van der Waals surface area contributed by atoms with Crippen LogP contribution in [0.15, 0.2) is 12.8 Å². The molecule has 0 aliphatic heterocycles. The highest BCUT2D eigenvalue weighted by Gasteiger charge is 1.91. The Hall–Kier alpha value is -1.56. The molecule has 0 saturated carbocycles. The number of nitrogens with two attached hydrogens (primary N) is 1. The highest BCUT2D eigenvalue weighted by molar-refractivity contribution is 5.71. The Morgan fingerprint density at radius 2 is 2.15 bits per heavy atom. The summed E-state index contributed by atoms with van der Waals surface area (Å²) in [5.74, 6) is -0.234. The van der Waals surface area contributed by atoms with Crippen molar-refractivity contribution in [2.45, 2.75) is 0 Å². The number of ether oxygens (including phenoxy) is 2. The smallest absolute Gasteiger partial charge is 0.409 e. The highest BCUT2D eigenvalue weighted by atomic mass is 16.5. The molecule has 76 valence electrons. The van der Waals surface area contributed by atoms with Crippen LogP contribution >= 0.6 is 0 Å². The van der Waals surface area contributed by atoms with Gasteiger partial charge in [0.2, 0.25) is 0 Å². The molecule has 0 heterocycles. The van der Waals surface area contributed by atoms with E-state index in [1.165, 1.54) is 7.11 Å². The Kier molecular flexibility index (Phi) is 11.2. The summed E-state index contributed by atoms with van der Waals surface area (Å²) in [6.45, 7) is 3.37. The van der Waals surface area contributed by atoms with Crippen LogP contribution in [0.25, 0.3) is 0 Å². The summed E-state index contributed by atoms with van der Waals surface area (Å²) in [6.07, 6.45) is 0.146. The maximum atomic E-state index is 10.1. The quantitative estimate of drug-likeness (QED) is 0.467. The molecule has 0 radical (unpaired) electrons. The third-order valence-electron chi connectivity index (χ3n) is 0.748. The van der Waals surface area contributed by atoms with Gasteiger partial charge in [-0.25, -0.2) is 4.79 Å². The van der Waals surface area contributed by atoms with Gasteiger partial charge >= 0.3 is 12.1 Å². The zero-order valence-corrected chi connectivity index (χ0v) is 7.70. The second-order valence-electron chi connectivity index (χ2n) is 1.71. The number of primary amides is 1. The molecule has 0 fully saturated rings. The van der Waals surface area contributed by atoms with Crippen LogP contribution in [0.4, 0.5) is 4.79 Å². The third kappa shape index (κ3) is 17.9.